The fraction of sp³-hybridized carbons (Fsp3) is 0.364. The highest BCUT2D eigenvalue weighted by Crippen LogP contribution is 2.21. The lowest BCUT2D eigenvalue weighted by Gasteiger charge is -2.32. The van der Waals surface area contributed by atoms with E-state index in [1.54, 1.807) is 26.4 Å². The summed E-state index contributed by atoms with van der Waals surface area (Å²) in [6.07, 6.45) is 1.79. The van der Waals surface area contributed by atoms with Gasteiger partial charge in [-0.3, -0.25) is 9.59 Å². The first-order valence-electron chi connectivity index (χ1n) is 9.46. The molecule has 1 N–H and O–H groups in total. The van der Waals surface area contributed by atoms with Crippen molar-refractivity contribution in [1.29, 1.82) is 0 Å². The average Bonchev–Trinajstić information content (AvgIpc) is 2.74. The van der Waals surface area contributed by atoms with Gasteiger partial charge < -0.3 is 19.7 Å². The molecule has 6 nitrogen and oxygen atoms in total. The van der Waals surface area contributed by atoms with E-state index >= 15 is 0 Å². The predicted octanol–water partition coefficient (Wildman–Crippen LogP) is 2.67. The van der Waals surface area contributed by atoms with Crippen molar-refractivity contribution in [2.24, 2.45) is 0 Å². The van der Waals surface area contributed by atoms with Crippen molar-refractivity contribution in [3.63, 3.8) is 0 Å². The Bertz CT molecular complexity index is 829. The van der Waals surface area contributed by atoms with Gasteiger partial charge in [-0.2, -0.15) is 0 Å². The van der Waals surface area contributed by atoms with E-state index in [0.29, 0.717) is 30.8 Å². The minimum absolute atomic E-state index is 0.0488. The minimum atomic E-state index is -0.142. The molecule has 0 spiro atoms. The lowest BCUT2D eigenvalue weighted by atomic mass is 10.0. The molecule has 0 aliphatic carbocycles. The second-order valence-corrected chi connectivity index (χ2v) is 6.82. The lowest BCUT2D eigenvalue weighted by Crippen LogP contribution is -2.47. The second kappa shape index (κ2) is 9.26. The van der Waals surface area contributed by atoms with Crippen LogP contribution >= 0.6 is 0 Å². The normalized spacial score (nSPS) is 14.4. The number of hydrogen-bond donors (Lipinski definition) is 1. The van der Waals surface area contributed by atoms with E-state index in [9.17, 15) is 9.59 Å². The quantitative estimate of drug-likeness (QED) is 0.834. The number of methoxy groups -OCH3 is 2. The number of carbonyl (C=O) groups is 2. The highest BCUT2D eigenvalue weighted by atomic mass is 16.5. The van der Waals surface area contributed by atoms with Crippen molar-refractivity contribution < 1.29 is 19.1 Å². The van der Waals surface area contributed by atoms with Gasteiger partial charge in [0.1, 0.15) is 11.5 Å². The van der Waals surface area contributed by atoms with Crippen LogP contribution in [0.25, 0.3) is 0 Å². The van der Waals surface area contributed by atoms with E-state index in [1.165, 1.54) is 0 Å². The number of carbonyl (C=O) groups excluding carboxylic acids is 2. The summed E-state index contributed by atoms with van der Waals surface area (Å²) < 4.78 is 10.6. The van der Waals surface area contributed by atoms with Gasteiger partial charge in [-0.1, -0.05) is 30.3 Å². The highest BCUT2D eigenvalue weighted by Gasteiger charge is 2.25. The minimum Gasteiger partial charge on any atom is -0.496 e. The molecule has 2 aromatic carbocycles. The summed E-state index contributed by atoms with van der Waals surface area (Å²) in [5.74, 6) is 1.23. The molecule has 148 valence electrons. The summed E-state index contributed by atoms with van der Waals surface area (Å²) in [7, 11) is 3.16. The summed E-state index contributed by atoms with van der Waals surface area (Å²) in [5, 5.41) is 3.06. The molecular weight excluding hydrogens is 356 g/mol. The zero-order chi connectivity index (χ0) is 19.9. The number of amides is 2. The molecule has 0 aromatic heterocycles. The lowest BCUT2D eigenvalue weighted by molar-refractivity contribution is -0.131. The van der Waals surface area contributed by atoms with Gasteiger partial charge >= 0.3 is 0 Å². The van der Waals surface area contributed by atoms with E-state index < -0.39 is 0 Å². The Morgan fingerprint density at radius 1 is 0.964 bits per heavy atom. The third kappa shape index (κ3) is 4.63. The first kappa shape index (κ1) is 19.7. The average molecular weight is 382 g/mol. The van der Waals surface area contributed by atoms with Crippen molar-refractivity contribution in [3.8, 4) is 11.5 Å². The topological polar surface area (TPSA) is 67.9 Å². The third-order valence-electron chi connectivity index (χ3n) is 5.07. The van der Waals surface area contributed by atoms with Crippen LogP contribution in [0, 0.1) is 0 Å². The molecule has 0 unspecified atom stereocenters. The summed E-state index contributed by atoms with van der Waals surface area (Å²) in [4.78, 5) is 27.0. The van der Waals surface area contributed by atoms with Crippen LogP contribution in [0.15, 0.2) is 48.5 Å². The number of benzene rings is 2. The Kier molecular flexibility index (Phi) is 6.53. The molecule has 1 fully saturated rings. The maximum absolute atomic E-state index is 12.6. The van der Waals surface area contributed by atoms with E-state index in [2.05, 4.69) is 5.32 Å². The van der Waals surface area contributed by atoms with Crippen LogP contribution in [0.1, 0.15) is 28.8 Å². The molecule has 1 aliphatic heterocycles. The maximum Gasteiger partial charge on any atom is 0.255 e. The Morgan fingerprint density at radius 2 is 1.57 bits per heavy atom. The number of para-hydroxylation sites is 2. The molecule has 1 aliphatic rings. The van der Waals surface area contributed by atoms with Crippen molar-refractivity contribution in [1.82, 2.24) is 10.2 Å². The van der Waals surface area contributed by atoms with Gasteiger partial charge in [-0.25, -0.2) is 0 Å². The predicted molar refractivity (Wildman–Crippen MR) is 107 cm³/mol. The zero-order valence-electron chi connectivity index (χ0n) is 16.3. The van der Waals surface area contributed by atoms with E-state index in [4.69, 9.17) is 9.47 Å². The summed E-state index contributed by atoms with van der Waals surface area (Å²) in [5.41, 5.74) is 1.42. The van der Waals surface area contributed by atoms with Crippen molar-refractivity contribution in [3.05, 3.63) is 59.7 Å². The Morgan fingerprint density at radius 3 is 2.25 bits per heavy atom. The standard InChI is InChI=1S/C22H26N2O4/c1-27-19-9-5-3-7-16(19)15-21(25)24-13-11-17(12-14-24)23-22(26)18-8-4-6-10-20(18)28-2/h3-10,17H,11-15H2,1-2H3,(H,23,26). The number of nitrogens with zero attached hydrogens (tertiary/aromatic N) is 1. The first-order valence-corrected chi connectivity index (χ1v) is 9.46. The molecule has 1 heterocycles. The number of likely N-dealkylation sites (tertiary alicyclic amines) is 1. The summed E-state index contributed by atoms with van der Waals surface area (Å²) >= 11 is 0. The van der Waals surface area contributed by atoms with E-state index in [1.807, 2.05) is 41.3 Å². The zero-order valence-corrected chi connectivity index (χ0v) is 16.3. The molecule has 0 radical (unpaired) electrons. The van der Waals surface area contributed by atoms with Crippen LogP contribution in [0.5, 0.6) is 11.5 Å². The Balaban J connectivity index is 1.53. The fourth-order valence-electron chi connectivity index (χ4n) is 3.49. The van der Waals surface area contributed by atoms with Crippen LogP contribution in [0.4, 0.5) is 0 Å². The van der Waals surface area contributed by atoms with Gasteiger partial charge in [-0.15, -0.1) is 0 Å². The summed E-state index contributed by atoms with van der Waals surface area (Å²) in [6, 6.07) is 14.8. The van der Waals surface area contributed by atoms with Gasteiger partial charge in [0.05, 0.1) is 26.2 Å². The molecule has 2 amide bonds. The number of nitrogens with one attached hydrogen (secondary N) is 1. The monoisotopic (exact) mass is 382 g/mol. The molecule has 0 saturated carbocycles. The second-order valence-electron chi connectivity index (χ2n) is 6.82. The molecule has 2 aromatic rings. The van der Waals surface area contributed by atoms with Gasteiger partial charge in [0, 0.05) is 24.7 Å². The summed E-state index contributed by atoms with van der Waals surface area (Å²) in [6.45, 7) is 1.26. The van der Waals surface area contributed by atoms with Crippen molar-refractivity contribution in [2.75, 3.05) is 27.3 Å². The van der Waals surface area contributed by atoms with Crippen LogP contribution in [0.2, 0.25) is 0 Å². The Hall–Kier alpha value is -3.02. The smallest absolute Gasteiger partial charge is 0.255 e. The third-order valence-corrected chi connectivity index (χ3v) is 5.07. The molecule has 1 saturated heterocycles. The van der Waals surface area contributed by atoms with Crippen LogP contribution in [-0.4, -0.2) is 50.1 Å². The van der Waals surface area contributed by atoms with Gasteiger partial charge in [-0.05, 0) is 31.0 Å². The van der Waals surface area contributed by atoms with Crippen LogP contribution in [0.3, 0.4) is 0 Å². The number of rotatable bonds is 6. The van der Waals surface area contributed by atoms with Crippen LogP contribution < -0.4 is 14.8 Å². The molecule has 0 atom stereocenters. The van der Waals surface area contributed by atoms with Crippen molar-refractivity contribution >= 4 is 11.8 Å². The van der Waals surface area contributed by atoms with Crippen molar-refractivity contribution in [2.45, 2.75) is 25.3 Å². The molecule has 6 heteroatoms. The SMILES string of the molecule is COc1ccccc1CC(=O)N1CCC(NC(=O)c2ccccc2OC)CC1. The maximum atomic E-state index is 12.6. The fourth-order valence-corrected chi connectivity index (χ4v) is 3.49. The van der Waals surface area contributed by atoms with Gasteiger partial charge in [0.25, 0.3) is 5.91 Å². The molecule has 0 bridgehead atoms. The van der Waals surface area contributed by atoms with Crippen LogP contribution in [-0.2, 0) is 11.2 Å². The highest BCUT2D eigenvalue weighted by molar-refractivity contribution is 5.97. The number of hydrogen-bond acceptors (Lipinski definition) is 4. The van der Waals surface area contributed by atoms with Gasteiger partial charge in [0.15, 0.2) is 0 Å². The molecular formula is C22H26N2O4. The van der Waals surface area contributed by atoms with E-state index in [-0.39, 0.29) is 17.9 Å². The first-order chi connectivity index (χ1) is 13.6. The Labute approximate surface area is 165 Å². The van der Waals surface area contributed by atoms with Gasteiger partial charge in [0.2, 0.25) is 5.91 Å². The number of piperidine rings is 1. The molecule has 3 rings (SSSR count). The number of ether oxygens (including phenoxy) is 2. The van der Waals surface area contributed by atoms with E-state index in [0.717, 1.165) is 24.2 Å². The molecule has 28 heavy (non-hydrogen) atoms. The largest absolute Gasteiger partial charge is 0.496 e.